The van der Waals surface area contributed by atoms with Crippen molar-refractivity contribution in [3.05, 3.63) is 70.7 Å². The number of fused-ring (bicyclic) bond motifs is 1. The first-order valence-electron chi connectivity index (χ1n) is 7.79. The Morgan fingerprint density at radius 3 is 2.83 bits per heavy atom. The largest absolute Gasteiger partial charge is 0.467 e. The van der Waals surface area contributed by atoms with Crippen LogP contribution in [0.5, 0.6) is 0 Å². The Bertz CT molecular complexity index is 814. The first-order chi connectivity index (χ1) is 11.7. The summed E-state index contributed by atoms with van der Waals surface area (Å²) >= 11 is 6.73. The molecule has 24 heavy (non-hydrogen) atoms. The molecule has 4 nitrogen and oxygen atoms in total. The third kappa shape index (κ3) is 2.99. The predicted molar refractivity (Wildman–Crippen MR) is 98.1 cm³/mol. The van der Waals surface area contributed by atoms with Crippen molar-refractivity contribution in [1.29, 1.82) is 0 Å². The zero-order valence-corrected chi connectivity index (χ0v) is 14.6. The number of thiocarbonyl (C=S) groups is 1. The normalized spacial score (nSPS) is 19.2. The molecule has 1 aromatic heterocycles. The standard InChI is InChI=1S/C18H16N2O2S2/c21-17-16(24-18(23)20(17)11-15-6-3-9-22-15)12-19-8-7-13-4-1-2-5-14(13)10-19/h1-6,9,12H,7-8,10-11H2. The lowest BCUT2D eigenvalue weighted by Crippen LogP contribution is -2.29. The molecule has 0 unspecified atom stereocenters. The topological polar surface area (TPSA) is 36.7 Å². The third-order valence-corrected chi connectivity index (χ3v) is 5.59. The highest BCUT2D eigenvalue weighted by atomic mass is 32.2. The number of carbonyl (C=O) groups excluding carboxylic acids is 1. The number of carbonyl (C=O) groups is 1. The number of hydrogen-bond donors (Lipinski definition) is 0. The van der Waals surface area contributed by atoms with Gasteiger partial charge >= 0.3 is 0 Å². The summed E-state index contributed by atoms with van der Waals surface area (Å²) in [5.74, 6) is 0.694. The van der Waals surface area contributed by atoms with E-state index in [0.29, 0.717) is 15.8 Å². The van der Waals surface area contributed by atoms with Crippen LogP contribution in [0.4, 0.5) is 0 Å². The summed E-state index contributed by atoms with van der Waals surface area (Å²) in [5.41, 5.74) is 2.72. The van der Waals surface area contributed by atoms with Crippen molar-refractivity contribution in [3.8, 4) is 0 Å². The van der Waals surface area contributed by atoms with Gasteiger partial charge in [0.2, 0.25) is 0 Å². The smallest absolute Gasteiger partial charge is 0.268 e. The van der Waals surface area contributed by atoms with Crippen molar-refractivity contribution in [2.24, 2.45) is 0 Å². The molecule has 0 bridgehead atoms. The van der Waals surface area contributed by atoms with Crippen LogP contribution in [-0.2, 0) is 24.3 Å². The maximum absolute atomic E-state index is 12.6. The van der Waals surface area contributed by atoms with Crippen LogP contribution in [0.3, 0.4) is 0 Å². The molecule has 2 aliphatic heterocycles. The van der Waals surface area contributed by atoms with E-state index in [1.54, 1.807) is 11.2 Å². The van der Waals surface area contributed by atoms with Crippen molar-refractivity contribution in [2.75, 3.05) is 6.54 Å². The Morgan fingerprint density at radius 1 is 1.21 bits per heavy atom. The Hall–Kier alpha value is -2.05. The van der Waals surface area contributed by atoms with Crippen LogP contribution in [0, 0.1) is 0 Å². The number of benzene rings is 1. The maximum atomic E-state index is 12.6. The van der Waals surface area contributed by atoms with Gasteiger partial charge in [-0.3, -0.25) is 9.69 Å². The molecule has 4 rings (SSSR count). The van der Waals surface area contributed by atoms with Gasteiger partial charge in [0.05, 0.1) is 17.7 Å². The van der Waals surface area contributed by atoms with Crippen LogP contribution < -0.4 is 0 Å². The lowest BCUT2D eigenvalue weighted by molar-refractivity contribution is -0.122. The molecule has 1 amide bonds. The molecule has 0 radical (unpaired) electrons. The van der Waals surface area contributed by atoms with Gasteiger partial charge in [-0.05, 0) is 29.7 Å². The first-order valence-corrected chi connectivity index (χ1v) is 9.02. The second-order valence-electron chi connectivity index (χ2n) is 5.82. The first kappa shape index (κ1) is 15.5. The van der Waals surface area contributed by atoms with Gasteiger partial charge in [0.1, 0.15) is 10.1 Å². The van der Waals surface area contributed by atoms with E-state index in [-0.39, 0.29) is 5.91 Å². The molecule has 0 atom stereocenters. The van der Waals surface area contributed by atoms with E-state index < -0.39 is 0 Å². The zero-order chi connectivity index (χ0) is 16.5. The third-order valence-electron chi connectivity index (χ3n) is 4.23. The van der Waals surface area contributed by atoms with E-state index in [0.717, 1.165) is 25.3 Å². The molecular formula is C18H16N2O2S2. The monoisotopic (exact) mass is 356 g/mol. The Kier molecular flexibility index (Phi) is 4.16. The van der Waals surface area contributed by atoms with E-state index >= 15 is 0 Å². The van der Waals surface area contributed by atoms with E-state index in [2.05, 4.69) is 29.2 Å². The van der Waals surface area contributed by atoms with Crippen LogP contribution in [-0.4, -0.2) is 26.6 Å². The van der Waals surface area contributed by atoms with Crippen LogP contribution >= 0.6 is 24.0 Å². The minimum absolute atomic E-state index is 0.0414. The van der Waals surface area contributed by atoms with Crippen molar-refractivity contribution >= 4 is 34.2 Å². The number of hydrogen-bond acceptors (Lipinski definition) is 5. The van der Waals surface area contributed by atoms with Crippen molar-refractivity contribution < 1.29 is 9.21 Å². The molecule has 122 valence electrons. The highest BCUT2D eigenvalue weighted by Gasteiger charge is 2.33. The van der Waals surface area contributed by atoms with Gasteiger partial charge in [0.25, 0.3) is 5.91 Å². The minimum Gasteiger partial charge on any atom is -0.467 e. The SMILES string of the molecule is O=C1C(=CN2CCc3ccccc3C2)SC(=S)N1Cc1ccco1. The second kappa shape index (κ2) is 6.45. The molecule has 0 saturated carbocycles. The molecule has 2 aromatic rings. The van der Waals surface area contributed by atoms with E-state index in [4.69, 9.17) is 16.6 Å². The molecule has 1 saturated heterocycles. The maximum Gasteiger partial charge on any atom is 0.268 e. The van der Waals surface area contributed by atoms with Gasteiger partial charge in [-0.15, -0.1) is 0 Å². The molecule has 1 fully saturated rings. The van der Waals surface area contributed by atoms with Gasteiger partial charge in [0.15, 0.2) is 0 Å². The number of furan rings is 1. The molecule has 1 aromatic carbocycles. The highest BCUT2D eigenvalue weighted by molar-refractivity contribution is 8.26. The number of amides is 1. The van der Waals surface area contributed by atoms with E-state index in [9.17, 15) is 4.79 Å². The summed E-state index contributed by atoms with van der Waals surface area (Å²) in [7, 11) is 0. The Labute approximate surface area is 150 Å². The summed E-state index contributed by atoms with van der Waals surface area (Å²) in [4.78, 5) is 17.1. The average molecular weight is 356 g/mol. The van der Waals surface area contributed by atoms with Gasteiger partial charge < -0.3 is 9.32 Å². The van der Waals surface area contributed by atoms with Crippen LogP contribution in [0.15, 0.2) is 58.2 Å². The molecule has 2 aliphatic rings. The quantitative estimate of drug-likeness (QED) is 0.621. The molecule has 0 aliphatic carbocycles. The zero-order valence-electron chi connectivity index (χ0n) is 13.0. The summed E-state index contributed by atoms with van der Waals surface area (Å²) in [6.45, 7) is 2.13. The fourth-order valence-corrected chi connectivity index (χ4v) is 4.24. The molecule has 0 N–H and O–H groups in total. The van der Waals surface area contributed by atoms with Crippen molar-refractivity contribution in [1.82, 2.24) is 9.80 Å². The summed E-state index contributed by atoms with van der Waals surface area (Å²) < 4.78 is 5.91. The number of nitrogens with zero attached hydrogens (tertiary/aromatic N) is 2. The van der Waals surface area contributed by atoms with Crippen LogP contribution in [0.2, 0.25) is 0 Å². The van der Waals surface area contributed by atoms with Crippen LogP contribution in [0.1, 0.15) is 16.9 Å². The lowest BCUT2D eigenvalue weighted by atomic mass is 10.0. The Morgan fingerprint density at radius 2 is 2.04 bits per heavy atom. The summed E-state index contributed by atoms with van der Waals surface area (Å²) in [5, 5.41) is 0. The van der Waals surface area contributed by atoms with Gasteiger partial charge in [-0.25, -0.2) is 0 Å². The molecule has 3 heterocycles. The van der Waals surface area contributed by atoms with Gasteiger partial charge in [-0.2, -0.15) is 0 Å². The number of thioether (sulfide) groups is 1. The molecular weight excluding hydrogens is 340 g/mol. The molecule has 6 heteroatoms. The predicted octanol–water partition coefficient (Wildman–Crippen LogP) is 3.54. The fourth-order valence-electron chi connectivity index (χ4n) is 2.98. The lowest BCUT2D eigenvalue weighted by Gasteiger charge is -2.27. The van der Waals surface area contributed by atoms with E-state index in [1.807, 2.05) is 18.3 Å². The minimum atomic E-state index is -0.0414. The van der Waals surface area contributed by atoms with Gasteiger partial charge in [0, 0.05) is 19.3 Å². The summed E-state index contributed by atoms with van der Waals surface area (Å²) in [6, 6.07) is 12.1. The summed E-state index contributed by atoms with van der Waals surface area (Å²) in [6.07, 6.45) is 4.56. The van der Waals surface area contributed by atoms with Crippen molar-refractivity contribution in [2.45, 2.75) is 19.5 Å². The van der Waals surface area contributed by atoms with E-state index in [1.165, 1.54) is 22.9 Å². The second-order valence-corrected chi connectivity index (χ2v) is 7.50. The van der Waals surface area contributed by atoms with Crippen molar-refractivity contribution in [3.63, 3.8) is 0 Å². The molecule has 0 spiro atoms. The number of rotatable bonds is 3. The highest BCUT2D eigenvalue weighted by Crippen LogP contribution is 2.33. The fraction of sp³-hybridized carbons (Fsp3) is 0.222. The van der Waals surface area contributed by atoms with Crippen LogP contribution in [0.25, 0.3) is 0 Å². The van der Waals surface area contributed by atoms with Gasteiger partial charge in [-0.1, -0.05) is 48.2 Å². The average Bonchev–Trinajstić information content (AvgIpc) is 3.19. The Balaban J connectivity index is 1.50.